The van der Waals surface area contributed by atoms with E-state index in [1.54, 1.807) is 0 Å². The Balaban J connectivity index is 2.69. The Hall–Kier alpha value is -3.63. The summed E-state index contributed by atoms with van der Waals surface area (Å²) in [4.78, 5) is 59.5. The van der Waals surface area contributed by atoms with Crippen molar-refractivity contribution in [3.05, 3.63) is 35.9 Å². The van der Waals surface area contributed by atoms with E-state index in [1.807, 2.05) is 44.2 Å². The molecule has 0 bridgehead atoms. The van der Waals surface area contributed by atoms with Crippen molar-refractivity contribution >= 4 is 29.7 Å². The molecule has 0 radical (unpaired) electrons. The van der Waals surface area contributed by atoms with Crippen LogP contribution in [0.15, 0.2) is 30.3 Å². The van der Waals surface area contributed by atoms with Gasteiger partial charge in [0, 0.05) is 12.5 Å². The van der Waals surface area contributed by atoms with Crippen molar-refractivity contribution in [3.63, 3.8) is 0 Å². The molecule has 5 amide bonds. The molecule has 0 aromatic heterocycles. The molecular formula is C21H31N5O6. The van der Waals surface area contributed by atoms with Crippen molar-refractivity contribution in [2.45, 2.75) is 58.3 Å². The molecule has 0 aliphatic rings. The van der Waals surface area contributed by atoms with Gasteiger partial charge in [0.25, 0.3) is 0 Å². The Morgan fingerprint density at radius 2 is 1.34 bits per heavy atom. The molecule has 1 rings (SSSR count). The molecule has 6 N–H and O–H groups in total. The highest BCUT2D eigenvalue weighted by Crippen LogP contribution is 2.04. The molecule has 0 heterocycles. The lowest BCUT2D eigenvalue weighted by Gasteiger charge is -2.23. The van der Waals surface area contributed by atoms with Crippen LogP contribution in [-0.4, -0.2) is 65.5 Å². The largest absolute Gasteiger partial charge is 0.480 e. The zero-order valence-corrected chi connectivity index (χ0v) is 18.6. The number of urea groups is 1. The molecule has 1 aromatic carbocycles. The number of hydrogen-bond donors (Lipinski definition) is 6. The van der Waals surface area contributed by atoms with Crippen LogP contribution in [-0.2, 0) is 25.6 Å². The molecule has 176 valence electrons. The minimum absolute atomic E-state index is 0.117. The fourth-order valence-corrected chi connectivity index (χ4v) is 2.61. The molecule has 0 saturated heterocycles. The van der Waals surface area contributed by atoms with Gasteiger partial charge in [-0.05, 0) is 33.3 Å². The van der Waals surface area contributed by atoms with Crippen molar-refractivity contribution in [1.82, 2.24) is 26.6 Å². The number of carboxylic acids is 1. The van der Waals surface area contributed by atoms with Gasteiger partial charge >= 0.3 is 12.0 Å². The van der Waals surface area contributed by atoms with Crippen LogP contribution in [0.4, 0.5) is 4.79 Å². The van der Waals surface area contributed by atoms with Crippen LogP contribution < -0.4 is 26.6 Å². The van der Waals surface area contributed by atoms with E-state index in [-0.39, 0.29) is 18.4 Å². The van der Waals surface area contributed by atoms with Gasteiger partial charge in [0.15, 0.2) is 0 Å². The molecule has 0 unspecified atom stereocenters. The lowest BCUT2D eigenvalue weighted by molar-refractivity contribution is -0.135. The summed E-state index contributed by atoms with van der Waals surface area (Å²) in [6.07, 6.45) is 0.271. The van der Waals surface area contributed by atoms with E-state index < -0.39 is 48.5 Å². The average molecular weight is 450 g/mol. The molecule has 0 aliphatic carbocycles. The summed E-state index contributed by atoms with van der Waals surface area (Å²) in [5.74, 6) is -2.79. The third-order valence-corrected chi connectivity index (χ3v) is 4.24. The van der Waals surface area contributed by atoms with Crippen LogP contribution in [0.2, 0.25) is 0 Å². The molecule has 0 aliphatic heterocycles. The molecule has 1 aromatic rings. The summed E-state index contributed by atoms with van der Waals surface area (Å²) >= 11 is 0. The topological polar surface area (TPSA) is 166 Å². The number of carbonyl (C=O) groups excluding carboxylic acids is 4. The summed E-state index contributed by atoms with van der Waals surface area (Å²) in [5.41, 5.74) is 0.860. The lowest BCUT2D eigenvalue weighted by atomic mass is 10.0. The SMILES string of the molecule is CC(C)NC(=O)[C@H](Cc1ccccc1)NC(=O)[C@H](C)NC(=O)[C@H](C)NC(=O)NCC(=O)O. The third-order valence-electron chi connectivity index (χ3n) is 4.24. The first-order valence-corrected chi connectivity index (χ1v) is 10.2. The lowest BCUT2D eigenvalue weighted by Crippen LogP contribution is -2.56. The van der Waals surface area contributed by atoms with Crippen LogP contribution in [0.25, 0.3) is 0 Å². The maximum Gasteiger partial charge on any atom is 0.323 e. The molecule has 0 fully saturated rings. The summed E-state index contributed by atoms with van der Waals surface area (Å²) < 4.78 is 0. The number of rotatable bonds is 11. The normalized spacial score (nSPS) is 13.3. The van der Waals surface area contributed by atoms with Gasteiger partial charge in [-0.3, -0.25) is 19.2 Å². The van der Waals surface area contributed by atoms with E-state index in [1.165, 1.54) is 13.8 Å². The summed E-state index contributed by atoms with van der Waals surface area (Å²) in [5, 5.41) is 20.8. The Kier molecular flexibility index (Phi) is 10.7. The van der Waals surface area contributed by atoms with Gasteiger partial charge < -0.3 is 31.7 Å². The first kappa shape index (κ1) is 26.4. The van der Waals surface area contributed by atoms with Gasteiger partial charge in [0.05, 0.1) is 0 Å². The van der Waals surface area contributed by atoms with Crippen LogP contribution in [0, 0.1) is 0 Å². The minimum atomic E-state index is -1.23. The summed E-state index contributed by atoms with van der Waals surface area (Å²) in [7, 11) is 0. The van der Waals surface area contributed by atoms with Crippen molar-refractivity contribution in [2.75, 3.05) is 6.54 Å². The molecular weight excluding hydrogens is 418 g/mol. The van der Waals surface area contributed by atoms with Crippen LogP contribution in [0.3, 0.4) is 0 Å². The molecule has 11 heteroatoms. The van der Waals surface area contributed by atoms with E-state index in [0.29, 0.717) is 0 Å². The van der Waals surface area contributed by atoms with Crippen LogP contribution in [0.1, 0.15) is 33.3 Å². The van der Waals surface area contributed by atoms with E-state index in [4.69, 9.17) is 5.11 Å². The number of aliphatic carboxylic acids is 1. The van der Waals surface area contributed by atoms with Crippen LogP contribution >= 0.6 is 0 Å². The van der Waals surface area contributed by atoms with Crippen molar-refractivity contribution in [1.29, 1.82) is 0 Å². The number of benzene rings is 1. The first-order valence-electron chi connectivity index (χ1n) is 10.2. The third kappa shape index (κ3) is 9.92. The Bertz CT molecular complexity index is 814. The molecule has 32 heavy (non-hydrogen) atoms. The van der Waals surface area contributed by atoms with E-state index in [9.17, 15) is 24.0 Å². The monoisotopic (exact) mass is 449 g/mol. The highest BCUT2D eigenvalue weighted by Gasteiger charge is 2.26. The molecule has 0 saturated carbocycles. The standard InChI is InChI=1S/C21H31N5O6/c1-12(2)23-20(31)16(10-15-8-6-5-7-9-15)26-19(30)13(3)24-18(29)14(4)25-21(32)22-11-17(27)28/h5-9,12-14,16H,10-11H2,1-4H3,(H,23,31)(H,24,29)(H,26,30)(H,27,28)(H2,22,25,32)/t13-,14-,16-/m0/s1. The second-order valence-electron chi connectivity index (χ2n) is 7.59. The van der Waals surface area contributed by atoms with E-state index in [2.05, 4.69) is 26.6 Å². The molecule has 11 nitrogen and oxygen atoms in total. The van der Waals surface area contributed by atoms with E-state index in [0.717, 1.165) is 5.56 Å². The smallest absolute Gasteiger partial charge is 0.323 e. The zero-order valence-electron chi connectivity index (χ0n) is 18.6. The number of hydrogen-bond acceptors (Lipinski definition) is 5. The van der Waals surface area contributed by atoms with Crippen LogP contribution in [0.5, 0.6) is 0 Å². The fourth-order valence-electron chi connectivity index (χ4n) is 2.61. The van der Waals surface area contributed by atoms with Gasteiger partial charge in [-0.2, -0.15) is 0 Å². The van der Waals surface area contributed by atoms with Gasteiger partial charge in [-0.15, -0.1) is 0 Å². The zero-order chi connectivity index (χ0) is 24.3. The highest BCUT2D eigenvalue weighted by atomic mass is 16.4. The van der Waals surface area contributed by atoms with E-state index >= 15 is 0 Å². The molecule has 0 spiro atoms. The van der Waals surface area contributed by atoms with Gasteiger partial charge in [-0.1, -0.05) is 30.3 Å². The predicted molar refractivity (Wildman–Crippen MR) is 117 cm³/mol. The number of carboxylic acid groups (broad SMARTS) is 1. The second-order valence-corrected chi connectivity index (χ2v) is 7.59. The minimum Gasteiger partial charge on any atom is -0.480 e. The fraction of sp³-hybridized carbons (Fsp3) is 0.476. The molecule has 3 atom stereocenters. The first-order chi connectivity index (χ1) is 15.0. The van der Waals surface area contributed by atoms with Crippen molar-refractivity contribution in [3.8, 4) is 0 Å². The second kappa shape index (κ2) is 12.9. The number of carbonyl (C=O) groups is 5. The predicted octanol–water partition coefficient (Wildman–Crippen LogP) is -0.484. The summed E-state index contributed by atoms with van der Waals surface area (Å²) in [6, 6.07) is 5.39. The Labute approximate surface area is 186 Å². The number of nitrogens with one attached hydrogen (secondary N) is 5. The van der Waals surface area contributed by atoms with Crippen molar-refractivity contribution in [2.24, 2.45) is 0 Å². The van der Waals surface area contributed by atoms with Gasteiger partial charge in [0.1, 0.15) is 24.7 Å². The Morgan fingerprint density at radius 1 is 0.781 bits per heavy atom. The number of amides is 5. The highest BCUT2D eigenvalue weighted by molar-refractivity contribution is 5.94. The average Bonchev–Trinajstić information content (AvgIpc) is 2.71. The summed E-state index contributed by atoms with van der Waals surface area (Å²) in [6.45, 7) is 5.85. The van der Waals surface area contributed by atoms with Crippen molar-refractivity contribution < 1.29 is 29.1 Å². The maximum absolute atomic E-state index is 12.6. The van der Waals surface area contributed by atoms with Gasteiger partial charge in [0.2, 0.25) is 17.7 Å². The Morgan fingerprint density at radius 3 is 1.91 bits per heavy atom. The van der Waals surface area contributed by atoms with Gasteiger partial charge in [-0.25, -0.2) is 4.79 Å². The quantitative estimate of drug-likeness (QED) is 0.267. The maximum atomic E-state index is 12.6.